The summed E-state index contributed by atoms with van der Waals surface area (Å²) >= 11 is 7.00. The number of rotatable bonds is 8. The summed E-state index contributed by atoms with van der Waals surface area (Å²) < 4.78 is 0. The number of benzene rings is 2. The fraction of sp³-hybridized carbons (Fsp3) is 0.441. The average Bonchev–Trinajstić information content (AvgIpc) is 3.15. The molecule has 0 atom stereocenters. The molecule has 0 radical (unpaired) electrons. The minimum atomic E-state index is 0.401. The zero-order chi connectivity index (χ0) is 30.0. The third-order valence-corrected chi connectivity index (χ3v) is 6.95. The minimum absolute atomic E-state index is 0.401. The van der Waals surface area contributed by atoms with Gasteiger partial charge in [-0.1, -0.05) is 104 Å². The zero-order valence-electron chi connectivity index (χ0n) is 25.7. The van der Waals surface area contributed by atoms with Crippen molar-refractivity contribution in [3.8, 4) is 0 Å². The molecule has 0 aromatic heterocycles. The number of hydrogen-bond acceptors (Lipinski definition) is 3. The van der Waals surface area contributed by atoms with Crippen LogP contribution in [-0.4, -0.2) is 17.1 Å². The van der Waals surface area contributed by atoms with Crippen LogP contribution in [-0.2, 0) is 11.3 Å². The van der Waals surface area contributed by atoms with Crippen molar-refractivity contribution in [1.82, 2.24) is 0 Å². The summed E-state index contributed by atoms with van der Waals surface area (Å²) in [6.07, 6.45) is 7.26. The molecule has 40 heavy (non-hydrogen) atoms. The second-order valence-corrected chi connectivity index (χ2v) is 16.9. The molecule has 6 heteroatoms. The maximum atomic E-state index is 5.19. The van der Waals surface area contributed by atoms with Gasteiger partial charge in [-0.05, 0) is 72.3 Å². The van der Waals surface area contributed by atoms with Crippen LogP contribution in [0.4, 0.5) is 11.4 Å². The van der Waals surface area contributed by atoms with Crippen LogP contribution >= 0.6 is 28.2 Å². The van der Waals surface area contributed by atoms with Gasteiger partial charge in [-0.25, -0.2) is 4.99 Å². The van der Waals surface area contributed by atoms with Gasteiger partial charge in [0, 0.05) is 0 Å². The van der Waals surface area contributed by atoms with Crippen molar-refractivity contribution >= 4 is 56.7 Å². The third-order valence-electron chi connectivity index (χ3n) is 6.95. The molecule has 0 bridgehead atoms. The molecule has 1 aliphatic rings. The average molecular weight is 711 g/mol. The Kier molecular flexibility index (Phi) is 14.5. The van der Waals surface area contributed by atoms with Gasteiger partial charge in [-0.3, -0.25) is 9.98 Å². The number of para-hydroxylation sites is 2. The van der Waals surface area contributed by atoms with Crippen LogP contribution in [0.5, 0.6) is 0 Å². The first kappa shape index (κ1) is 34.6. The zero-order valence-corrected chi connectivity index (χ0v) is 29.9. The van der Waals surface area contributed by atoms with Gasteiger partial charge in [0.05, 0.1) is 34.2 Å². The van der Waals surface area contributed by atoms with Gasteiger partial charge >= 0.3 is 39.6 Å². The van der Waals surface area contributed by atoms with Crippen LogP contribution in [0.15, 0.2) is 75.3 Å². The van der Waals surface area contributed by atoms with Crippen LogP contribution in [0.1, 0.15) is 122 Å². The Hall–Kier alpha value is -1.59. The van der Waals surface area contributed by atoms with Gasteiger partial charge in [0.2, 0.25) is 0 Å². The van der Waals surface area contributed by atoms with E-state index < -0.39 is 0 Å². The molecule has 3 nitrogen and oxygen atoms in total. The molecule has 0 spiro atoms. The van der Waals surface area contributed by atoms with E-state index >= 15 is 0 Å². The van der Waals surface area contributed by atoms with E-state index in [-0.39, 0.29) is 0 Å². The summed E-state index contributed by atoms with van der Waals surface area (Å²) in [5.74, 6) is 1.61. The second-order valence-electron chi connectivity index (χ2n) is 11.4. The van der Waals surface area contributed by atoms with Gasteiger partial charge in [0.15, 0.2) is 0 Å². The van der Waals surface area contributed by atoms with Gasteiger partial charge in [0.1, 0.15) is 0 Å². The fourth-order valence-corrected chi connectivity index (χ4v) is 4.73. The molecule has 0 saturated heterocycles. The number of nitrogens with zero attached hydrogens (tertiary/aromatic N) is 3. The number of aliphatic imine (C=N–C) groups is 3. The van der Waals surface area contributed by atoms with Gasteiger partial charge in [0.25, 0.3) is 0 Å². The summed E-state index contributed by atoms with van der Waals surface area (Å²) in [7, 11) is 0. The van der Waals surface area contributed by atoms with E-state index in [1.165, 1.54) is 22.3 Å². The molecule has 0 N–H and O–H groups in total. The first-order valence-electron chi connectivity index (χ1n) is 14.1. The Morgan fingerprint density at radius 2 is 1.07 bits per heavy atom. The van der Waals surface area contributed by atoms with Crippen LogP contribution < -0.4 is 0 Å². The van der Waals surface area contributed by atoms with E-state index in [9.17, 15) is 0 Å². The predicted octanol–water partition coefficient (Wildman–Crippen LogP) is 12.0. The van der Waals surface area contributed by atoms with Crippen molar-refractivity contribution in [2.24, 2.45) is 15.0 Å². The van der Waals surface area contributed by atoms with E-state index in [0.29, 0.717) is 23.7 Å². The quantitative estimate of drug-likeness (QED) is 0.193. The molecular formula is C34H45Br2FeN3. The Bertz CT molecular complexity index is 1250. The van der Waals surface area contributed by atoms with Crippen molar-refractivity contribution in [3.63, 3.8) is 0 Å². The number of hydrogen-bond donors (Lipinski definition) is 0. The molecule has 0 unspecified atom stereocenters. The second kappa shape index (κ2) is 16.8. The molecule has 0 fully saturated rings. The Morgan fingerprint density at radius 3 is 1.45 bits per heavy atom. The van der Waals surface area contributed by atoms with E-state index in [1.54, 1.807) is 0 Å². The Balaban J connectivity index is 0.00000178. The van der Waals surface area contributed by atoms with Crippen molar-refractivity contribution in [2.75, 3.05) is 0 Å². The summed E-state index contributed by atoms with van der Waals surface area (Å²) in [4.78, 5) is 15.5. The SMILES string of the molecule is CC(=Nc1c(C(C)C)cccc1C(C)C)C1=CCC=CC(C(C)=Nc2c(C(C)C)cccc2C(C)C)=N1.[Br][Fe][Br]. The first-order chi connectivity index (χ1) is 18.9. The number of halogens is 2. The van der Waals surface area contributed by atoms with E-state index in [0.717, 1.165) is 52.0 Å². The van der Waals surface area contributed by atoms with Crippen molar-refractivity contribution in [2.45, 2.75) is 99.3 Å². The molecule has 0 saturated carbocycles. The van der Waals surface area contributed by atoms with Crippen molar-refractivity contribution in [1.29, 1.82) is 0 Å². The normalized spacial score (nSPS) is 14.5. The van der Waals surface area contributed by atoms with Gasteiger partial charge < -0.3 is 0 Å². The van der Waals surface area contributed by atoms with E-state index in [2.05, 4.69) is 152 Å². The van der Waals surface area contributed by atoms with Crippen molar-refractivity contribution in [3.05, 3.63) is 82.6 Å². The number of allylic oxidation sites excluding steroid dienone is 4. The van der Waals surface area contributed by atoms with E-state index in [1.807, 2.05) is 0 Å². The molecule has 0 amide bonds. The monoisotopic (exact) mass is 709 g/mol. The molecule has 1 aliphatic heterocycles. The Morgan fingerprint density at radius 1 is 0.700 bits per heavy atom. The van der Waals surface area contributed by atoms with Crippen LogP contribution in [0.3, 0.4) is 0 Å². The molecule has 1 heterocycles. The Labute approximate surface area is 263 Å². The van der Waals surface area contributed by atoms with Crippen molar-refractivity contribution < 1.29 is 11.3 Å². The molecule has 3 rings (SSSR count). The summed E-state index contributed by atoms with van der Waals surface area (Å²) in [6.45, 7) is 22.0. The molecule has 2 aromatic carbocycles. The van der Waals surface area contributed by atoms with Gasteiger partial charge in [-0.15, -0.1) is 0 Å². The molecule has 2 aromatic rings. The fourth-order valence-electron chi connectivity index (χ4n) is 4.73. The van der Waals surface area contributed by atoms with Crippen LogP contribution in [0.2, 0.25) is 0 Å². The summed E-state index contributed by atoms with van der Waals surface area (Å²) in [6, 6.07) is 13.1. The molecular weight excluding hydrogens is 666 g/mol. The summed E-state index contributed by atoms with van der Waals surface area (Å²) in [5, 5.41) is 0. The topological polar surface area (TPSA) is 37.1 Å². The summed E-state index contributed by atoms with van der Waals surface area (Å²) in [5.41, 5.74) is 11.0. The van der Waals surface area contributed by atoms with Crippen LogP contribution in [0, 0.1) is 0 Å². The first-order valence-corrected chi connectivity index (χ1v) is 19.6. The van der Waals surface area contributed by atoms with Crippen LogP contribution in [0.25, 0.3) is 0 Å². The standard InChI is InChI=1S/C34H45N3.2BrH.Fe/c1-21(2)27-15-13-16-28(22(3)4)33(27)35-25(9)31-19-11-12-20-32(37-31)26(10)36-34-29(23(5)6)17-14-18-30(34)24(7)8;;;/h11,13-24H,12H2,1-10H3;2*1H;/q;;;+2/p-2. The molecule has 218 valence electrons. The molecule has 0 aliphatic carbocycles. The van der Waals surface area contributed by atoms with E-state index in [4.69, 9.17) is 15.0 Å². The predicted molar refractivity (Wildman–Crippen MR) is 182 cm³/mol. The maximum absolute atomic E-state index is 5.19. The third kappa shape index (κ3) is 9.48. The van der Waals surface area contributed by atoms with Gasteiger partial charge in [-0.2, -0.15) is 0 Å².